The van der Waals surface area contributed by atoms with E-state index in [0.717, 1.165) is 19.3 Å². The number of ether oxygens (including phenoxy) is 10. The maximum Gasteiger partial charge on any atom is 0.305 e. The summed E-state index contributed by atoms with van der Waals surface area (Å²) in [6, 6.07) is 0. The van der Waals surface area contributed by atoms with E-state index in [2.05, 4.69) is 0 Å². The van der Waals surface area contributed by atoms with Gasteiger partial charge in [0.25, 0.3) is 0 Å². The molecule has 0 aromatic carbocycles. The summed E-state index contributed by atoms with van der Waals surface area (Å²) in [5, 5.41) is 159. The molecule has 0 bridgehead atoms. The number of unbranched alkanes of at least 4 members (excludes halogenated alkanes) is 4. The maximum atomic E-state index is 11.8. The van der Waals surface area contributed by atoms with E-state index in [0.29, 0.717) is 38.5 Å². The van der Waals surface area contributed by atoms with Gasteiger partial charge in [-0.05, 0) is 40.0 Å². The summed E-state index contributed by atoms with van der Waals surface area (Å²) in [6.07, 6.45) is -36.8. The number of aliphatic hydroxyl groups is 14. The largest absolute Gasteiger partial charge is 0.481 e. The molecule has 27 atom stereocenters. The molecule has 0 amide bonds. The fourth-order valence-electron chi connectivity index (χ4n) is 9.22. The first-order valence-electron chi connectivity index (χ1n) is 24.3. The molecule has 5 aliphatic rings. The summed E-state index contributed by atoms with van der Waals surface area (Å²) in [7, 11) is 0. The van der Waals surface area contributed by atoms with Crippen LogP contribution in [0.4, 0.5) is 0 Å². The number of hydrogen-bond acceptors (Lipinski definition) is 25. The van der Waals surface area contributed by atoms with Crippen molar-refractivity contribution in [2.24, 2.45) is 0 Å². The number of rotatable bonds is 24. The third-order valence-electron chi connectivity index (χ3n) is 13.6. The van der Waals surface area contributed by atoms with Crippen molar-refractivity contribution in [3.05, 3.63) is 0 Å². The van der Waals surface area contributed by atoms with Gasteiger partial charge in [-0.3, -0.25) is 4.79 Å². The van der Waals surface area contributed by atoms with Crippen molar-refractivity contribution in [2.75, 3.05) is 13.2 Å². The molecule has 5 saturated heterocycles. The van der Waals surface area contributed by atoms with Crippen molar-refractivity contribution < 1.29 is 129 Å². The van der Waals surface area contributed by atoms with Crippen LogP contribution in [0.3, 0.4) is 0 Å². The zero-order valence-corrected chi connectivity index (χ0v) is 39.8. The third-order valence-corrected chi connectivity index (χ3v) is 13.6. The summed E-state index contributed by atoms with van der Waals surface area (Å²) in [6.45, 7) is 4.71. The van der Waals surface area contributed by atoms with Crippen molar-refractivity contribution in [1.29, 1.82) is 0 Å². The van der Waals surface area contributed by atoms with E-state index in [9.17, 15) is 76.3 Å². The van der Waals surface area contributed by atoms with Crippen LogP contribution in [0.2, 0.25) is 0 Å². The molecule has 5 fully saturated rings. The summed E-state index contributed by atoms with van der Waals surface area (Å²) in [5.41, 5.74) is 0. The average molecular weight is 1020 g/mol. The lowest BCUT2D eigenvalue weighted by Gasteiger charge is -2.49. The van der Waals surface area contributed by atoms with Crippen LogP contribution in [0.5, 0.6) is 0 Å². The molecule has 27 unspecified atom stereocenters. The predicted molar refractivity (Wildman–Crippen MR) is 230 cm³/mol. The molecule has 0 aromatic rings. The van der Waals surface area contributed by atoms with Gasteiger partial charge >= 0.3 is 5.97 Å². The van der Waals surface area contributed by atoms with Crippen LogP contribution in [0.25, 0.3) is 0 Å². The zero-order valence-electron chi connectivity index (χ0n) is 39.8. The summed E-state index contributed by atoms with van der Waals surface area (Å²) in [4.78, 5) is 10.9. The summed E-state index contributed by atoms with van der Waals surface area (Å²) >= 11 is 0. The molecule has 26 nitrogen and oxygen atoms in total. The van der Waals surface area contributed by atoms with Crippen molar-refractivity contribution in [1.82, 2.24) is 0 Å². The Morgan fingerprint density at radius 3 is 1.50 bits per heavy atom. The monoisotopic (exact) mass is 1020 g/mol. The maximum absolute atomic E-state index is 11.8. The average Bonchev–Trinajstić information content (AvgIpc) is 3.31. The second-order valence-electron chi connectivity index (χ2n) is 19.1. The van der Waals surface area contributed by atoms with Gasteiger partial charge < -0.3 is 124 Å². The van der Waals surface area contributed by atoms with Crippen molar-refractivity contribution in [3.8, 4) is 0 Å². The van der Waals surface area contributed by atoms with Gasteiger partial charge in [0.05, 0.1) is 50.2 Å². The fraction of sp³-hybridized carbons (Fsp3) is 0.977. The first kappa shape index (κ1) is 59.4. The van der Waals surface area contributed by atoms with E-state index in [1.807, 2.05) is 6.92 Å². The fourth-order valence-corrected chi connectivity index (χ4v) is 9.22. The van der Waals surface area contributed by atoms with Gasteiger partial charge in [0.2, 0.25) is 0 Å². The molecule has 70 heavy (non-hydrogen) atoms. The number of hydrogen-bond donors (Lipinski definition) is 15. The van der Waals surface area contributed by atoms with Crippen LogP contribution in [0, 0.1) is 0 Å². The van der Waals surface area contributed by atoms with Crippen molar-refractivity contribution in [3.63, 3.8) is 0 Å². The van der Waals surface area contributed by atoms with E-state index in [4.69, 9.17) is 52.5 Å². The molecular formula is C44H78O26. The minimum atomic E-state index is -1.93. The second kappa shape index (κ2) is 27.3. The summed E-state index contributed by atoms with van der Waals surface area (Å²) < 4.78 is 59.0. The highest BCUT2D eigenvalue weighted by Crippen LogP contribution is 2.36. The third kappa shape index (κ3) is 14.9. The Labute approximate surface area is 405 Å². The Morgan fingerprint density at radius 1 is 0.486 bits per heavy atom. The van der Waals surface area contributed by atoms with Gasteiger partial charge in [-0.25, -0.2) is 0 Å². The van der Waals surface area contributed by atoms with Gasteiger partial charge in [-0.2, -0.15) is 0 Å². The topological polar surface area (TPSA) is 413 Å². The van der Waals surface area contributed by atoms with Gasteiger partial charge in [-0.15, -0.1) is 0 Å². The molecule has 0 aromatic heterocycles. The van der Waals surface area contributed by atoms with Crippen LogP contribution in [-0.4, -0.2) is 262 Å². The highest BCUT2D eigenvalue weighted by molar-refractivity contribution is 5.67. The minimum Gasteiger partial charge on any atom is -0.481 e. The lowest BCUT2D eigenvalue weighted by Crippen LogP contribution is -2.67. The van der Waals surface area contributed by atoms with Crippen molar-refractivity contribution >= 4 is 5.97 Å². The molecular weight excluding hydrogens is 944 g/mol. The first-order chi connectivity index (χ1) is 33.1. The van der Waals surface area contributed by atoms with Crippen LogP contribution in [0.1, 0.15) is 91.9 Å². The number of carboxylic acid groups (broad SMARTS) is 1. The Morgan fingerprint density at radius 2 is 0.943 bits per heavy atom. The highest BCUT2D eigenvalue weighted by atomic mass is 16.8. The molecule has 0 spiro atoms. The van der Waals surface area contributed by atoms with Crippen molar-refractivity contribution in [2.45, 2.75) is 258 Å². The van der Waals surface area contributed by atoms with Gasteiger partial charge in [0.15, 0.2) is 31.5 Å². The molecule has 410 valence electrons. The smallest absolute Gasteiger partial charge is 0.305 e. The molecule has 26 heteroatoms. The Bertz CT molecular complexity index is 1540. The van der Waals surface area contributed by atoms with Gasteiger partial charge in [0, 0.05) is 0 Å². The van der Waals surface area contributed by atoms with E-state index < -0.39 is 185 Å². The molecule has 5 rings (SSSR count). The van der Waals surface area contributed by atoms with E-state index in [1.165, 1.54) is 20.8 Å². The highest BCUT2D eigenvalue weighted by Gasteiger charge is 2.55. The molecule has 0 saturated carbocycles. The van der Waals surface area contributed by atoms with E-state index in [-0.39, 0.29) is 6.42 Å². The quantitative estimate of drug-likeness (QED) is 0.0402. The lowest BCUT2D eigenvalue weighted by atomic mass is 9.96. The van der Waals surface area contributed by atoms with Crippen LogP contribution < -0.4 is 0 Å². The lowest BCUT2D eigenvalue weighted by molar-refractivity contribution is -0.397. The second-order valence-corrected chi connectivity index (χ2v) is 19.1. The number of aliphatic carboxylic acids is 1. The number of carbonyl (C=O) groups is 1. The van der Waals surface area contributed by atoms with Crippen LogP contribution >= 0.6 is 0 Å². The Balaban J connectivity index is 1.32. The Hall–Kier alpha value is -1.49. The standard InChI is InChI=1S/C44H78O26/c1-5-11-21(13-10-8-6-7-9-12-20(46)14-24(47)48)65-43-38(70-44-39(31(55)27(51)22(15-45)66-44)69-42-35(59)30(54)26(50)18(3)63-42)32(56)28(52)23(67-43)16-61-40-36(60)33(57)37(19(4)64-40)68-41-34(58)29(53)25(49)17(2)62-41/h17-23,25-46,49-60H,5-16H2,1-4H3,(H,47,48). The number of carboxylic acids is 1. The zero-order chi connectivity index (χ0) is 51.7. The predicted octanol–water partition coefficient (Wildman–Crippen LogP) is -5.08. The van der Waals surface area contributed by atoms with Crippen LogP contribution in [0.15, 0.2) is 0 Å². The normalized spacial score (nSPS) is 45.8. The molecule has 5 heterocycles. The number of aliphatic hydroxyl groups excluding tert-OH is 14. The van der Waals surface area contributed by atoms with Crippen LogP contribution in [-0.2, 0) is 52.2 Å². The van der Waals surface area contributed by atoms with E-state index in [1.54, 1.807) is 0 Å². The summed E-state index contributed by atoms with van der Waals surface area (Å²) in [5.74, 6) is -1.08. The molecule has 15 N–H and O–H groups in total. The van der Waals surface area contributed by atoms with E-state index >= 15 is 0 Å². The van der Waals surface area contributed by atoms with Gasteiger partial charge in [0.1, 0.15) is 104 Å². The SMILES string of the molecule is CCCC(CCCCCCCC(O)CC(=O)O)OC1OC(COC2OC(C)C(OC3OC(C)C(O)C(O)C3O)C(O)C2O)C(O)C(O)C1OC1OC(CO)C(O)C(O)C1OC1OC(C)C(O)C(O)C1O. The molecule has 5 aliphatic heterocycles. The minimum absolute atomic E-state index is 0.335. The Kier molecular flexibility index (Phi) is 23.2. The first-order valence-corrected chi connectivity index (χ1v) is 24.3. The molecule has 0 radical (unpaired) electrons. The van der Waals surface area contributed by atoms with Gasteiger partial charge in [-0.1, -0.05) is 45.4 Å². The molecule has 0 aliphatic carbocycles.